The van der Waals surface area contributed by atoms with Gasteiger partial charge in [-0.3, -0.25) is 4.90 Å². The van der Waals surface area contributed by atoms with E-state index in [0.29, 0.717) is 36.8 Å². The van der Waals surface area contributed by atoms with Gasteiger partial charge in [-0.15, -0.1) is 0 Å². The number of piperazine rings is 1. The molecule has 1 aliphatic heterocycles. The number of halogens is 2. The van der Waals surface area contributed by atoms with Crippen LogP contribution in [0.3, 0.4) is 0 Å². The molecule has 0 aliphatic carbocycles. The molecule has 140 valence electrons. The van der Waals surface area contributed by atoms with E-state index >= 15 is 0 Å². The third-order valence-corrected chi connectivity index (χ3v) is 4.43. The van der Waals surface area contributed by atoms with Crippen molar-refractivity contribution >= 4 is 11.4 Å². The summed E-state index contributed by atoms with van der Waals surface area (Å²) in [6.07, 6.45) is -0.609. The van der Waals surface area contributed by atoms with Gasteiger partial charge in [0.05, 0.1) is 0 Å². The fourth-order valence-electron chi connectivity index (χ4n) is 2.98. The zero-order valence-electron chi connectivity index (χ0n) is 14.4. The summed E-state index contributed by atoms with van der Waals surface area (Å²) in [4.78, 5) is 4.14. The molecule has 1 saturated heterocycles. The summed E-state index contributed by atoms with van der Waals surface area (Å²) < 4.78 is 32.0. The van der Waals surface area contributed by atoms with Crippen LogP contribution in [0.1, 0.15) is 0 Å². The Kier molecular flexibility index (Phi) is 5.90. The Morgan fingerprint density at radius 1 is 1.00 bits per heavy atom. The van der Waals surface area contributed by atoms with Gasteiger partial charge in [-0.2, -0.15) is 0 Å². The Labute approximate surface area is 151 Å². The molecule has 1 aliphatic rings. The lowest BCUT2D eigenvalue weighted by Gasteiger charge is -2.36. The summed E-state index contributed by atoms with van der Waals surface area (Å²) in [7, 11) is 0. The number of hydrogen-bond donors (Lipinski definition) is 2. The third-order valence-electron chi connectivity index (χ3n) is 4.43. The Bertz CT molecular complexity index is 719. The van der Waals surface area contributed by atoms with E-state index < -0.39 is 17.7 Å². The summed E-state index contributed by atoms with van der Waals surface area (Å²) in [6.45, 7) is 3.55. The molecular weight excluding hydrogens is 340 g/mol. The van der Waals surface area contributed by atoms with Gasteiger partial charge in [-0.1, -0.05) is 0 Å². The highest BCUT2D eigenvalue weighted by molar-refractivity contribution is 5.47. The lowest BCUT2D eigenvalue weighted by molar-refractivity contribution is 0.0663. The molecule has 0 spiro atoms. The van der Waals surface area contributed by atoms with Crippen LogP contribution < -0.4 is 15.4 Å². The number of anilines is 2. The molecule has 0 saturated carbocycles. The number of nitrogens with two attached hydrogens (primary N) is 1. The van der Waals surface area contributed by atoms with Crippen LogP contribution in [-0.2, 0) is 0 Å². The SMILES string of the molecule is Nc1ccc(OC[C@@H](O)CN2CCN(c3ccc(F)c(F)c3)CC2)cc1. The highest BCUT2D eigenvalue weighted by Crippen LogP contribution is 2.19. The minimum atomic E-state index is -0.836. The maximum Gasteiger partial charge on any atom is 0.160 e. The molecule has 2 aromatic rings. The standard InChI is InChI=1S/C19H23F2N3O2/c20-18-6-3-15(11-19(18)21)24-9-7-23(8-10-24)12-16(25)13-26-17-4-1-14(22)2-5-17/h1-6,11,16,25H,7-10,12-13,22H2/t16-/m0/s1. The molecule has 1 atom stereocenters. The molecule has 3 N–H and O–H groups in total. The predicted octanol–water partition coefficient (Wildman–Crippen LogP) is 2.11. The first-order valence-corrected chi connectivity index (χ1v) is 8.60. The maximum absolute atomic E-state index is 13.4. The van der Waals surface area contributed by atoms with E-state index in [1.54, 1.807) is 30.3 Å². The van der Waals surface area contributed by atoms with Gasteiger partial charge in [0.25, 0.3) is 0 Å². The van der Waals surface area contributed by atoms with Crippen molar-refractivity contribution in [1.29, 1.82) is 0 Å². The van der Waals surface area contributed by atoms with Crippen molar-refractivity contribution in [3.05, 3.63) is 54.1 Å². The first-order chi connectivity index (χ1) is 12.5. The van der Waals surface area contributed by atoms with Gasteiger partial charge < -0.3 is 20.5 Å². The number of β-amino-alcohol motifs (C(OH)–C–C–N with tert-alkyl or cyclic N) is 1. The Hall–Kier alpha value is -2.38. The zero-order chi connectivity index (χ0) is 18.5. The second-order valence-electron chi connectivity index (χ2n) is 6.42. The first-order valence-electron chi connectivity index (χ1n) is 8.60. The molecule has 7 heteroatoms. The molecule has 3 rings (SSSR count). The topological polar surface area (TPSA) is 62.0 Å². The maximum atomic E-state index is 13.4. The van der Waals surface area contributed by atoms with E-state index in [1.807, 2.05) is 4.90 Å². The van der Waals surface area contributed by atoms with Gasteiger partial charge in [-0.25, -0.2) is 8.78 Å². The van der Waals surface area contributed by atoms with Gasteiger partial charge in [0.1, 0.15) is 18.5 Å². The van der Waals surface area contributed by atoms with Crippen LogP contribution in [0.15, 0.2) is 42.5 Å². The van der Waals surface area contributed by atoms with Gasteiger partial charge >= 0.3 is 0 Å². The third kappa shape index (κ3) is 4.83. The Morgan fingerprint density at radius 3 is 2.35 bits per heavy atom. The second kappa shape index (κ2) is 8.33. The van der Waals surface area contributed by atoms with Crippen LogP contribution in [0.4, 0.5) is 20.2 Å². The van der Waals surface area contributed by atoms with Crippen molar-refractivity contribution in [2.75, 3.05) is 50.0 Å². The molecule has 2 aromatic carbocycles. The smallest absolute Gasteiger partial charge is 0.160 e. The van der Waals surface area contributed by atoms with Gasteiger partial charge in [0.2, 0.25) is 0 Å². The number of nitrogen functional groups attached to an aromatic ring is 1. The van der Waals surface area contributed by atoms with Crippen LogP contribution in [0.25, 0.3) is 0 Å². The molecule has 0 amide bonds. The zero-order valence-corrected chi connectivity index (χ0v) is 14.4. The number of nitrogens with zero attached hydrogens (tertiary/aromatic N) is 2. The average molecular weight is 363 g/mol. The van der Waals surface area contributed by atoms with E-state index in [0.717, 1.165) is 19.2 Å². The van der Waals surface area contributed by atoms with Crippen LogP contribution >= 0.6 is 0 Å². The highest BCUT2D eigenvalue weighted by Gasteiger charge is 2.20. The Balaban J connectivity index is 1.43. The summed E-state index contributed by atoms with van der Waals surface area (Å²) in [5.74, 6) is -1.00. The minimum Gasteiger partial charge on any atom is -0.491 e. The van der Waals surface area contributed by atoms with E-state index in [1.165, 1.54) is 6.07 Å². The number of aliphatic hydroxyl groups is 1. The molecule has 0 unspecified atom stereocenters. The number of ether oxygens (including phenoxy) is 1. The van der Waals surface area contributed by atoms with Crippen LogP contribution in [-0.4, -0.2) is 55.4 Å². The second-order valence-corrected chi connectivity index (χ2v) is 6.42. The number of hydrogen-bond acceptors (Lipinski definition) is 5. The molecule has 0 radical (unpaired) electrons. The quantitative estimate of drug-likeness (QED) is 0.770. The molecule has 0 aromatic heterocycles. The fourth-order valence-corrected chi connectivity index (χ4v) is 2.98. The molecule has 0 bridgehead atoms. The Morgan fingerprint density at radius 2 is 1.69 bits per heavy atom. The van der Waals surface area contributed by atoms with Gasteiger partial charge in [0, 0.05) is 50.2 Å². The summed E-state index contributed by atoms with van der Waals surface area (Å²) in [5, 5.41) is 10.2. The van der Waals surface area contributed by atoms with E-state index in [9.17, 15) is 13.9 Å². The lowest BCUT2D eigenvalue weighted by atomic mass is 10.2. The number of aliphatic hydroxyl groups excluding tert-OH is 1. The first kappa shape index (κ1) is 18.4. The van der Waals surface area contributed by atoms with Crippen molar-refractivity contribution < 1.29 is 18.6 Å². The minimum absolute atomic E-state index is 0.202. The molecule has 1 fully saturated rings. The highest BCUT2D eigenvalue weighted by atomic mass is 19.2. The summed E-state index contributed by atoms with van der Waals surface area (Å²) in [5.41, 5.74) is 6.96. The molecule has 26 heavy (non-hydrogen) atoms. The normalized spacial score (nSPS) is 16.5. The summed E-state index contributed by atoms with van der Waals surface area (Å²) >= 11 is 0. The predicted molar refractivity (Wildman–Crippen MR) is 97.4 cm³/mol. The van der Waals surface area contributed by atoms with E-state index in [2.05, 4.69) is 4.90 Å². The molecule has 1 heterocycles. The number of rotatable bonds is 6. The van der Waals surface area contributed by atoms with E-state index in [4.69, 9.17) is 10.5 Å². The van der Waals surface area contributed by atoms with Gasteiger partial charge in [0.15, 0.2) is 11.6 Å². The fraction of sp³-hybridized carbons (Fsp3) is 0.368. The molecule has 5 nitrogen and oxygen atoms in total. The number of benzene rings is 2. The molecular formula is C19H23F2N3O2. The average Bonchev–Trinajstić information content (AvgIpc) is 2.64. The van der Waals surface area contributed by atoms with Crippen LogP contribution in [0, 0.1) is 11.6 Å². The van der Waals surface area contributed by atoms with Crippen molar-refractivity contribution in [2.45, 2.75) is 6.10 Å². The summed E-state index contributed by atoms with van der Waals surface area (Å²) in [6, 6.07) is 11.0. The van der Waals surface area contributed by atoms with Crippen molar-refractivity contribution in [2.24, 2.45) is 0 Å². The van der Waals surface area contributed by atoms with E-state index in [-0.39, 0.29) is 6.61 Å². The van der Waals surface area contributed by atoms with Gasteiger partial charge in [-0.05, 0) is 36.4 Å². The van der Waals surface area contributed by atoms with Crippen LogP contribution in [0.2, 0.25) is 0 Å². The monoisotopic (exact) mass is 363 g/mol. The lowest BCUT2D eigenvalue weighted by Crippen LogP contribution is -2.49. The largest absolute Gasteiger partial charge is 0.491 e. The van der Waals surface area contributed by atoms with Crippen molar-refractivity contribution in [3.63, 3.8) is 0 Å². The van der Waals surface area contributed by atoms with Crippen molar-refractivity contribution in [1.82, 2.24) is 4.90 Å². The van der Waals surface area contributed by atoms with Crippen molar-refractivity contribution in [3.8, 4) is 5.75 Å². The van der Waals surface area contributed by atoms with Crippen LogP contribution in [0.5, 0.6) is 5.75 Å².